The molecule has 0 radical (unpaired) electrons. The van der Waals surface area contributed by atoms with E-state index < -0.39 is 26.5 Å². The molecule has 0 aliphatic carbocycles. The molecule has 112 valence electrons. The van der Waals surface area contributed by atoms with Crippen molar-refractivity contribution < 1.29 is 18.1 Å². The number of rotatable bonds is 8. The Morgan fingerprint density at radius 1 is 1.50 bits per heavy atom. The summed E-state index contributed by atoms with van der Waals surface area (Å²) in [5.74, 6) is -0.450. The average molecular weight is 342 g/mol. The predicted octanol–water partition coefficient (Wildman–Crippen LogP) is 1.24. The maximum atomic E-state index is 11.8. The Morgan fingerprint density at radius 3 is 2.65 bits per heavy atom. The first-order chi connectivity index (χ1) is 9.24. The van der Waals surface area contributed by atoms with Crippen molar-refractivity contribution in [3.05, 3.63) is 20.5 Å². The summed E-state index contributed by atoms with van der Waals surface area (Å²) >= 11 is 6.22. The number of halogens is 1. The molecule has 0 aliphatic rings. The molecule has 3 N–H and O–H groups in total. The van der Waals surface area contributed by atoms with E-state index in [1.807, 2.05) is 0 Å². The number of amides is 1. The highest BCUT2D eigenvalue weighted by atomic mass is 35.5. The van der Waals surface area contributed by atoms with Crippen LogP contribution in [0.5, 0.6) is 0 Å². The molecule has 1 rings (SSSR count). The van der Waals surface area contributed by atoms with Crippen LogP contribution < -0.4 is 10.5 Å². The molecule has 0 atom stereocenters. The molecule has 0 bridgehead atoms. The summed E-state index contributed by atoms with van der Waals surface area (Å²) in [6.45, 7) is 0.110. The fraction of sp³-hybridized carbons (Fsp3) is 0.444. The Balaban J connectivity index is 2.63. The summed E-state index contributed by atoms with van der Waals surface area (Å²) in [6.07, 6.45) is 1.07. The minimum atomic E-state index is -3.83. The number of nitrogens with one attached hydrogen (secondary N) is 1. The van der Waals surface area contributed by atoms with E-state index in [0.29, 0.717) is 24.2 Å². The number of hydrogen-bond acceptors (Lipinski definition) is 6. The highest BCUT2D eigenvalue weighted by Gasteiger charge is 2.24. The van der Waals surface area contributed by atoms with Crippen molar-refractivity contribution in [1.29, 1.82) is 0 Å². The van der Waals surface area contributed by atoms with E-state index in [1.165, 1.54) is 0 Å². The molecule has 0 fully saturated rings. The molecule has 20 heavy (non-hydrogen) atoms. The van der Waals surface area contributed by atoms with Gasteiger partial charge >= 0.3 is 0 Å². The smallest absolute Gasteiger partial charge is 0.300 e. The fourth-order valence-corrected chi connectivity index (χ4v) is 4.08. The van der Waals surface area contributed by atoms with Gasteiger partial charge in [-0.3, -0.25) is 14.9 Å². The Bertz CT molecular complexity index is 613. The molecule has 1 aromatic heterocycles. The van der Waals surface area contributed by atoms with Crippen LogP contribution in [-0.2, 0) is 14.8 Å². The molecule has 1 aromatic rings. The van der Waals surface area contributed by atoms with Gasteiger partial charge in [-0.2, -0.15) is 0 Å². The van der Waals surface area contributed by atoms with Crippen molar-refractivity contribution in [3.63, 3.8) is 0 Å². The van der Waals surface area contributed by atoms with Crippen molar-refractivity contribution >= 4 is 44.6 Å². The minimum Gasteiger partial charge on any atom is -0.370 e. The van der Waals surface area contributed by atoms with Gasteiger partial charge in [0, 0.05) is 19.0 Å². The second-order valence-corrected chi connectivity index (χ2v) is 7.45. The lowest BCUT2D eigenvalue weighted by molar-refractivity contribution is -0.384. The van der Waals surface area contributed by atoms with Crippen LogP contribution in [0.15, 0.2) is 10.3 Å². The van der Waals surface area contributed by atoms with E-state index in [1.54, 1.807) is 0 Å². The second-order valence-electron chi connectivity index (χ2n) is 3.80. The molecular formula is C9H12ClN3O5S2. The molecule has 11 heteroatoms. The summed E-state index contributed by atoms with van der Waals surface area (Å²) in [5, 5.41) is 10.6. The number of nitrogens with two attached hydrogens (primary N) is 1. The van der Waals surface area contributed by atoms with Crippen molar-refractivity contribution in [1.82, 2.24) is 4.72 Å². The van der Waals surface area contributed by atoms with Gasteiger partial charge in [-0.25, -0.2) is 13.1 Å². The third-order valence-electron chi connectivity index (χ3n) is 2.25. The number of sulfonamides is 1. The van der Waals surface area contributed by atoms with Gasteiger partial charge in [0.1, 0.15) is 4.21 Å². The van der Waals surface area contributed by atoms with Crippen LogP contribution in [0.4, 0.5) is 5.69 Å². The van der Waals surface area contributed by atoms with Gasteiger partial charge in [-0.15, -0.1) is 11.3 Å². The number of nitrogens with zero attached hydrogens (tertiary/aromatic N) is 1. The monoisotopic (exact) mass is 341 g/mol. The molecule has 0 spiro atoms. The first-order valence-electron chi connectivity index (χ1n) is 5.45. The lowest BCUT2D eigenvalue weighted by Crippen LogP contribution is -2.24. The van der Waals surface area contributed by atoms with Crippen molar-refractivity contribution in [2.45, 2.75) is 23.5 Å². The Morgan fingerprint density at radius 2 is 2.15 bits per heavy atom. The number of primary amides is 1. The molecule has 1 heterocycles. The molecule has 0 saturated carbocycles. The topological polar surface area (TPSA) is 132 Å². The van der Waals surface area contributed by atoms with Gasteiger partial charge in [-0.1, -0.05) is 11.6 Å². The summed E-state index contributed by atoms with van der Waals surface area (Å²) < 4.78 is 25.6. The summed E-state index contributed by atoms with van der Waals surface area (Å²) in [6, 6.07) is 0.915. The Hall–Kier alpha value is -1.23. The normalized spacial score (nSPS) is 11.4. The standard InChI is InChI=1S/C9H12ClN3O5S2/c10-9-6(13(15)16)5-8(19-9)20(17,18)12-4-2-1-3-7(11)14/h5,12H,1-4H2,(H2,11,14). The SMILES string of the molecule is NC(=O)CCCCNS(=O)(=O)c1cc([N+](=O)[O-])c(Cl)s1. The van der Waals surface area contributed by atoms with Crippen molar-refractivity contribution in [2.24, 2.45) is 5.73 Å². The third kappa shape index (κ3) is 4.71. The van der Waals surface area contributed by atoms with Gasteiger partial charge in [0.2, 0.25) is 15.9 Å². The molecule has 1 amide bonds. The van der Waals surface area contributed by atoms with Crippen LogP contribution in [0, 0.1) is 10.1 Å². The van der Waals surface area contributed by atoms with E-state index in [9.17, 15) is 23.3 Å². The van der Waals surface area contributed by atoms with Crippen LogP contribution >= 0.6 is 22.9 Å². The molecular weight excluding hydrogens is 330 g/mol. The van der Waals surface area contributed by atoms with Gasteiger partial charge in [0.15, 0.2) is 4.34 Å². The fourth-order valence-electron chi connectivity index (χ4n) is 1.30. The summed E-state index contributed by atoms with van der Waals surface area (Å²) in [4.78, 5) is 20.3. The van der Waals surface area contributed by atoms with E-state index in [4.69, 9.17) is 17.3 Å². The van der Waals surface area contributed by atoms with Crippen LogP contribution in [0.25, 0.3) is 0 Å². The number of carbonyl (C=O) groups excluding carboxylic acids is 1. The summed E-state index contributed by atoms with van der Waals surface area (Å²) in [5.41, 5.74) is 4.51. The molecule has 0 aliphatic heterocycles. The summed E-state index contributed by atoms with van der Waals surface area (Å²) in [7, 11) is -3.83. The van der Waals surface area contributed by atoms with Crippen LogP contribution in [0.3, 0.4) is 0 Å². The van der Waals surface area contributed by atoms with Crippen LogP contribution in [0.1, 0.15) is 19.3 Å². The number of thiophene rings is 1. The number of nitro groups is 1. The largest absolute Gasteiger partial charge is 0.370 e. The minimum absolute atomic E-state index is 0.110. The zero-order valence-corrected chi connectivity index (χ0v) is 12.6. The first kappa shape index (κ1) is 16.8. The number of hydrogen-bond donors (Lipinski definition) is 2. The van der Waals surface area contributed by atoms with Crippen molar-refractivity contribution in [2.75, 3.05) is 6.54 Å². The highest BCUT2D eigenvalue weighted by molar-refractivity contribution is 7.91. The van der Waals surface area contributed by atoms with Gasteiger partial charge in [0.25, 0.3) is 5.69 Å². The van der Waals surface area contributed by atoms with Gasteiger partial charge in [0.05, 0.1) is 4.92 Å². The third-order valence-corrected chi connectivity index (χ3v) is 5.52. The molecule has 0 saturated heterocycles. The second kappa shape index (κ2) is 6.97. The first-order valence-corrected chi connectivity index (χ1v) is 8.13. The van der Waals surface area contributed by atoms with Gasteiger partial charge in [-0.05, 0) is 12.8 Å². The van der Waals surface area contributed by atoms with E-state index in [2.05, 4.69) is 4.72 Å². The molecule has 0 unspecified atom stereocenters. The van der Waals surface area contributed by atoms with Crippen LogP contribution in [0.2, 0.25) is 4.34 Å². The molecule has 0 aromatic carbocycles. The maximum Gasteiger partial charge on any atom is 0.300 e. The number of carbonyl (C=O) groups is 1. The van der Waals surface area contributed by atoms with E-state index in [-0.39, 0.29) is 21.5 Å². The zero-order chi connectivity index (χ0) is 15.3. The lowest BCUT2D eigenvalue weighted by Gasteiger charge is -2.03. The van der Waals surface area contributed by atoms with Crippen LogP contribution in [-0.4, -0.2) is 25.8 Å². The van der Waals surface area contributed by atoms with Gasteiger partial charge < -0.3 is 5.73 Å². The predicted molar refractivity (Wildman–Crippen MR) is 74.2 cm³/mol. The number of unbranched alkanes of at least 4 members (excludes halogenated alkanes) is 1. The lowest BCUT2D eigenvalue weighted by atomic mass is 10.2. The van der Waals surface area contributed by atoms with Crippen molar-refractivity contribution in [3.8, 4) is 0 Å². The maximum absolute atomic E-state index is 11.8. The Labute approximate surface area is 124 Å². The quantitative estimate of drug-likeness (QED) is 0.417. The Kier molecular flexibility index (Phi) is 5.87. The highest BCUT2D eigenvalue weighted by Crippen LogP contribution is 2.35. The average Bonchev–Trinajstić information content (AvgIpc) is 2.71. The van der Waals surface area contributed by atoms with E-state index >= 15 is 0 Å². The molecule has 8 nitrogen and oxygen atoms in total. The van der Waals surface area contributed by atoms with E-state index in [0.717, 1.165) is 6.07 Å². The zero-order valence-electron chi connectivity index (χ0n) is 10.2.